The van der Waals surface area contributed by atoms with E-state index in [1.807, 2.05) is 0 Å². The molecule has 0 unspecified atom stereocenters. The Bertz CT molecular complexity index is 430. The molecule has 0 bridgehead atoms. The quantitative estimate of drug-likeness (QED) is 0.281. The molecule has 0 N–H and O–H groups in total. The molecule has 0 aliphatic heterocycles. The van der Waals surface area contributed by atoms with E-state index in [0.29, 0.717) is 0 Å². The lowest BCUT2D eigenvalue weighted by molar-refractivity contribution is -0.384. The van der Waals surface area contributed by atoms with Gasteiger partial charge in [0.05, 0.1) is 10.1 Å². The molecule has 15 heavy (non-hydrogen) atoms. The number of benzene rings is 1. The summed E-state index contributed by atoms with van der Waals surface area (Å²) in [6.07, 6.45) is 0.739. The molecule has 4 nitrogen and oxygen atoms in total. The number of halogens is 1. The van der Waals surface area contributed by atoms with Gasteiger partial charge in [-0.05, 0) is 30.3 Å². The lowest BCUT2D eigenvalue weighted by atomic mass is 10.1. The summed E-state index contributed by atoms with van der Waals surface area (Å²) in [5.74, 6) is 0. The molecule has 1 aromatic carbocycles. The van der Waals surface area contributed by atoms with E-state index in [9.17, 15) is 10.1 Å². The van der Waals surface area contributed by atoms with Gasteiger partial charge in [0.25, 0.3) is 5.69 Å². The predicted octanol–water partition coefficient (Wildman–Crippen LogP) is 3.27. The SMILES string of the molecule is O=[N+]([O-])c1cc(CCBr)ccc1N=C=S. The minimum atomic E-state index is -0.469. The third kappa shape index (κ3) is 3.20. The molecule has 0 aliphatic rings. The van der Waals surface area contributed by atoms with Crippen LogP contribution in [0.5, 0.6) is 0 Å². The molecule has 0 saturated carbocycles. The van der Waals surface area contributed by atoms with Gasteiger partial charge in [-0.1, -0.05) is 22.0 Å². The van der Waals surface area contributed by atoms with Crippen LogP contribution in [0, 0.1) is 10.1 Å². The van der Waals surface area contributed by atoms with Crippen molar-refractivity contribution in [3.8, 4) is 0 Å². The van der Waals surface area contributed by atoms with Crippen LogP contribution in [-0.4, -0.2) is 15.4 Å². The van der Waals surface area contributed by atoms with Crippen LogP contribution in [0.3, 0.4) is 0 Å². The molecule has 0 spiro atoms. The first-order valence-electron chi connectivity index (χ1n) is 4.10. The van der Waals surface area contributed by atoms with Crippen molar-refractivity contribution in [2.75, 3.05) is 5.33 Å². The Kier molecular flexibility index (Phi) is 4.55. The van der Waals surface area contributed by atoms with Crippen LogP contribution in [-0.2, 0) is 6.42 Å². The molecule has 0 amide bonds. The number of nitro benzene ring substituents is 1. The summed E-state index contributed by atoms with van der Waals surface area (Å²) in [5, 5.41) is 13.6. The molecule has 0 saturated heterocycles. The normalized spacial score (nSPS) is 9.40. The standard InChI is InChI=1S/C9H7BrN2O2S/c10-4-3-7-1-2-8(11-6-15)9(5-7)12(13)14/h1-2,5H,3-4H2. The summed E-state index contributed by atoms with van der Waals surface area (Å²) in [4.78, 5) is 13.9. The Hall–Kier alpha value is -1.10. The van der Waals surface area contributed by atoms with Gasteiger partial charge >= 0.3 is 0 Å². The number of thiocarbonyl (C=S) groups is 1. The lowest BCUT2D eigenvalue weighted by Gasteiger charge is -2.00. The van der Waals surface area contributed by atoms with Crippen molar-refractivity contribution in [2.45, 2.75) is 6.42 Å². The van der Waals surface area contributed by atoms with E-state index >= 15 is 0 Å². The van der Waals surface area contributed by atoms with Crippen molar-refractivity contribution >= 4 is 44.7 Å². The topological polar surface area (TPSA) is 55.5 Å². The van der Waals surface area contributed by atoms with Crippen LogP contribution in [0.15, 0.2) is 23.2 Å². The number of nitrogens with zero attached hydrogens (tertiary/aromatic N) is 2. The van der Waals surface area contributed by atoms with Crippen LogP contribution in [0.25, 0.3) is 0 Å². The van der Waals surface area contributed by atoms with E-state index in [1.54, 1.807) is 12.1 Å². The van der Waals surface area contributed by atoms with Gasteiger partial charge < -0.3 is 0 Å². The highest BCUT2D eigenvalue weighted by Gasteiger charge is 2.13. The zero-order valence-electron chi connectivity index (χ0n) is 7.64. The fraction of sp³-hybridized carbons (Fsp3) is 0.222. The molecular formula is C9H7BrN2O2S. The third-order valence-electron chi connectivity index (χ3n) is 1.79. The van der Waals surface area contributed by atoms with Crippen molar-refractivity contribution in [3.05, 3.63) is 33.9 Å². The van der Waals surface area contributed by atoms with Crippen molar-refractivity contribution in [1.82, 2.24) is 0 Å². The van der Waals surface area contributed by atoms with Gasteiger partial charge in [-0.3, -0.25) is 10.1 Å². The molecule has 0 heterocycles. The van der Waals surface area contributed by atoms with Crippen molar-refractivity contribution in [1.29, 1.82) is 0 Å². The smallest absolute Gasteiger partial charge is 0.258 e. The van der Waals surface area contributed by atoms with Gasteiger partial charge in [-0.25, -0.2) is 0 Å². The molecule has 0 fully saturated rings. The molecule has 1 rings (SSSR count). The highest BCUT2D eigenvalue weighted by atomic mass is 79.9. The number of nitro groups is 1. The molecule has 0 aromatic heterocycles. The van der Waals surface area contributed by atoms with E-state index in [1.165, 1.54) is 6.07 Å². The van der Waals surface area contributed by atoms with Crippen LogP contribution >= 0.6 is 28.1 Å². The molecule has 0 aliphatic carbocycles. The van der Waals surface area contributed by atoms with Crippen LogP contribution in [0.4, 0.5) is 11.4 Å². The first kappa shape index (κ1) is 12.0. The Labute approximate surface area is 100 Å². The summed E-state index contributed by atoms with van der Waals surface area (Å²) < 4.78 is 0. The van der Waals surface area contributed by atoms with Gasteiger partial charge in [0.1, 0.15) is 0 Å². The second-order valence-electron chi connectivity index (χ2n) is 2.72. The first-order valence-corrected chi connectivity index (χ1v) is 5.63. The van der Waals surface area contributed by atoms with Gasteiger partial charge in [0.2, 0.25) is 0 Å². The van der Waals surface area contributed by atoms with Crippen molar-refractivity contribution in [2.24, 2.45) is 4.99 Å². The summed E-state index contributed by atoms with van der Waals surface area (Å²) in [7, 11) is 0. The second-order valence-corrected chi connectivity index (χ2v) is 3.70. The fourth-order valence-electron chi connectivity index (χ4n) is 1.12. The van der Waals surface area contributed by atoms with E-state index < -0.39 is 4.92 Å². The molecule has 0 atom stereocenters. The van der Waals surface area contributed by atoms with E-state index in [4.69, 9.17) is 0 Å². The van der Waals surface area contributed by atoms with Crippen molar-refractivity contribution < 1.29 is 4.92 Å². The number of aryl methyl sites for hydroxylation is 1. The maximum absolute atomic E-state index is 10.7. The minimum Gasteiger partial charge on any atom is -0.258 e. The summed E-state index contributed by atoms with van der Waals surface area (Å²) >= 11 is 7.69. The third-order valence-corrected chi connectivity index (χ3v) is 2.27. The lowest BCUT2D eigenvalue weighted by Crippen LogP contribution is -1.92. The maximum Gasteiger partial charge on any atom is 0.295 e. The molecule has 0 radical (unpaired) electrons. The zero-order chi connectivity index (χ0) is 11.3. The van der Waals surface area contributed by atoms with E-state index in [-0.39, 0.29) is 11.4 Å². The average molecular weight is 287 g/mol. The second kappa shape index (κ2) is 5.70. The molecular weight excluding hydrogens is 280 g/mol. The monoisotopic (exact) mass is 286 g/mol. The number of alkyl halides is 1. The number of aliphatic imine (C=N–C) groups is 1. The Morgan fingerprint density at radius 1 is 1.60 bits per heavy atom. The van der Waals surface area contributed by atoms with E-state index in [0.717, 1.165) is 17.3 Å². The van der Waals surface area contributed by atoms with Gasteiger partial charge in [-0.15, -0.1) is 0 Å². The van der Waals surface area contributed by atoms with Crippen LogP contribution < -0.4 is 0 Å². The number of hydrogen-bond acceptors (Lipinski definition) is 4. The molecule has 78 valence electrons. The van der Waals surface area contributed by atoms with Gasteiger partial charge in [0, 0.05) is 11.4 Å². The Balaban J connectivity index is 3.20. The van der Waals surface area contributed by atoms with Crippen LogP contribution in [0.1, 0.15) is 5.56 Å². The van der Waals surface area contributed by atoms with Crippen LogP contribution in [0.2, 0.25) is 0 Å². The molecule has 6 heteroatoms. The predicted molar refractivity (Wildman–Crippen MR) is 65.3 cm³/mol. The highest BCUT2D eigenvalue weighted by Crippen LogP contribution is 2.28. The minimum absolute atomic E-state index is 0.0363. The maximum atomic E-state index is 10.7. The number of hydrogen-bond donors (Lipinski definition) is 0. The Morgan fingerprint density at radius 2 is 2.33 bits per heavy atom. The van der Waals surface area contributed by atoms with Crippen molar-refractivity contribution in [3.63, 3.8) is 0 Å². The van der Waals surface area contributed by atoms with E-state index in [2.05, 4.69) is 38.3 Å². The largest absolute Gasteiger partial charge is 0.295 e. The van der Waals surface area contributed by atoms with Gasteiger partial charge in [-0.2, -0.15) is 4.99 Å². The molecule has 1 aromatic rings. The number of rotatable bonds is 4. The first-order chi connectivity index (χ1) is 7.19. The summed E-state index contributed by atoms with van der Waals surface area (Å²) in [6, 6.07) is 4.88. The average Bonchev–Trinajstić information content (AvgIpc) is 2.21. The zero-order valence-corrected chi connectivity index (χ0v) is 10.0. The fourth-order valence-corrected chi connectivity index (χ4v) is 1.68. The summed E-state index contributed by atoms with van der Waals surface area (Å²) in [5.41, 5.74) is 1.10. The Morgan fingerprint density at radius 3 is 2.87 bits per heavy atom. The summed E-state index contributed by atoms with van der Waals surface area (Å²) in [6.45, 7) is 0. The van der Waals surface area contributed by atoms with Gasteiger partial charge in [0.15, 0.2) is 5.69 Å². The number of isothiocyanates is 1. The highest BCUT2D eigenvalue weighted by molar-refractivity contribution is 9.09.